The molecule has 0 saturated carbocycles. The molecule has 1 amide bonds. The van der Waals surface area contributed by atoms with E-state index >= 15 is 0 Å². The first-order valence-corrected chi connectivity index (χ1v) is 12.4. The van der Waals surface area contributed by atoms with Gasteiger partial charge in [-0.3, -0.25) is 0 Å². The van der Waals surface area contributed by atoms with E-state index in [4.69, 9.17) is 16.3 Å². The summed E-state index contributed by atoms with van der Waals surface area (Å²) in [6.07, 6.45) is 4.20. The predicted octanol–water partition coefficient (Wildman–Crippen LogP) is 5.56. The summed E-state index contributed by atoms with van der Waals surface area (Å²) in [4.78, 5) is 15.8. The van der Waals surface area contributed by atoms with Gasteiger partial charge in [-0.15, -0.1) is 0 Å². The number of rotatable bonds is 2. The Bertz CT molecular complexity index is 1020. The molecule has 1 spiro atoms. The van der Waals surface area contributed by atoms with Crippen molar-refractivity contribution in [3.63, 3.8) is 0 Å². The zero-order valence-corrected chi connectivity index (χ0v) is 20.2. The van der Waals surface area contributed by atoms with Gasteiger partial charge in [-0.1, -0.05) is 17.7 Å². The lowest BCUT2D eigenvalue weighted by molar-refractivity contribution is 0.140. The maximum absolute atomic E-state index is 11.8. The number of fused-ring (bicyclic) bond motifs is 3. The molecule has 2 aliphatic heterocycles. The number of anilines is 1. The Hall–Kier alpha value is -1.67. The number of carboxylic acid groups (broad SMARTS) is 1. The van der Waals surface area contributed by atoms with E-state index in [-0.39, 0.29) is 11.5 Å². The minimum Gasteiger partial charge on any atom is -0.490 e. The van der Waals surface area contributed by atoms with Crippen LogP contribution in [-0.2, 0) is 11.8 Å². The molecular formula is C24H26ClIN2O3. The van der Waals surface area contributed by atoms with Gasteiger partial charge in [0, 0.05) is 33.6 Å². The van der Waals surface area contributed by atoms with Gasteiger partial charge >= 0.3 is 6.09 Å². The van der Waals surface area contributed by atoms with Crippen LogP contribution in [0.15, 0.2) is 36.4 Å². The molecule has 7 heteroatoms. The molecule has 0 unspecified atom stereocenters. The highest BCUT2D eigenvalue weighted by molar-refractivity contribution is 14.1. The Balaban J connectivity index is 1.55. The van der Waals surface area contributed by atoms with Crippen molar-refractivity contribution in [2.45, 2.75) is 43.6 Å². The summed E-state index contributed by atoms with van der Waals surface area (Å²) < 4.78 is 7.60. The minimum absolute atomic E-state index is 0.00615. The number of hydrogen-bond donors (Lipinski definition) is 1. The molecule has 3 aliphatic rings. The van der Waals surface area contributed by atoms with Gasteiger partial charge in [0.05, 0.1) is 18.3 Å². The molecule has 0 radical (unpaired) electrons. The van der Waals surface area contributed by atoms with Gasteiger partial charge in [0.2, 0.25) is 0 Å². The van der Waals surface area contributed by atoms with Crippen LogP contribution in [0.3, 0.4) is 0 Å². The zero-order chi connectivity index (χ0) is 21.6. The van der Waals surface area contributed by atoms with Crippen LogP contribution < -0.4 is 9.64 Å². The molecule has 5 nitrogen and oxygen atoms in total. The van der Waals surface area contributed by atoms with E-state index in [2.05, 4.69) is 57.8 Å². The van der Waals surface area contributed by atoms with E-state index in [0.717, 1.165) is 58.7 Å². The third-order valence-corrected chi connectivity index (χ3v) is 7.96. The van der Waals surface area contributed by atoms with Gasteiger partial charge in [-0.2, -0.15) is 0 Å². The fraction of sp³-hybridized carbons (Fsp3) is 0.458. The average molecular weight is 553 g/mol. The van der Waals surface area contributed by atoms with Crippen LogP contribution in [0.25, 0.3) is 0 Å². The zero-order valence-electron chi connectivity index (χ0n) is 17.3. The maximum Gasteiger partial charge on any atom is 0.407 e. The monoisotopic (exact) mass is 552 g/mol. The van der Waals surface area contributed by atoms with Crippen LogP contribution in [0, 0.1) is 3.57 Å². The number of aryl methyl sites for hydroxylation is 1. The summed E-state index contributed by atoms with van der Waals surface area (Å²) >= 11 is 8.65. The van der Waals surface area contributed by atoms with Crippen molar-refractivity contribution < 1.29 is 14.6 Å². The largest absolute Gasteiger partial charge is 0.490 e. The number of nitrogens with zero attached hydrogens (tertiary/aromatic N) is 2. The molecule has 2 aromatic carbocycles. The first-order valence-electron chi connectivity index (χ1n) is 10.9. The smallest absolute Gasteiger partial charge is 0.407 e. The number of halogens is 2. The second-order valence-corrected chi connectivity index (χ2v) is 10.7. The van der Waals surface area contributed by atoms with Crippen molar-refractivity contribution >= 4 is 46.0 Å². The lowest BCUT2D eigenvalue weighted by Gasteiger charge is -2.41. The number of amides is 1. The Morgan fingerprint density at radius 3 is 2.97 bits per heavy atom. The molecule has 2 heterocycles. The molecular weight excluding hydrogens is 527 g/mol. The highest BCUT2D eigenvalue weighted by Crippen LogP contribution is 2.45. The van der Waals surface area contributed by atoms with Crippen molar-refractivity contribution in [1.82, 2.24) is 4.90 Å². The summed E-state index contributed by atoms with van der Waals surface area (Å²) in [6, 6.07) is 12.6. The highest BCUT2D eigenvalue weighted by atomic mass is 127. The summed E-state index contributed by atoms with van der Waals surface area (Å²) in [5, 5.41) is 10.5. The lowest BCUT2D eigenvalue weighted by Crippen LogP contribution is -2.49. The van der Waals surface area contributed by atoms with E-state index in [1.165, 1.54) is 11.1 Å². The quantitative estimate of drug-likeness (QED) is 0.496. The summed E-state index contributed by atoms with van der Waals surface area (Å²) in [7, 11) is 0. The van der Waals surface area contributed by atoms with Crippen molar-refractivity contribution in [3.05, 3.63) is 56.1 Å². The SMILES string of the molecule is O=C(O)N1CCC[C@H]1CN1C[C@@]2(CCCc3cc(Cl)ccc32)COc2ccc(I)cc21. The molecule has 1 aliphatic carbocycles. The van der Waals surface area contributed by atoms with Crippen LogP contribution in [-0.4, -0.2) is 48.4 Å². The molecule has 164 valence electrons. The number of hydrogen-bond acceptors (Lipinski definition) is 3. The first kappa shape index (κ1) is 21.2. The highest BCUT2D eigenvalue weighted by Gasteiger charge is 2.43. The van der Waals surface area contributed by atoms with Gasteiger partial charge in [0.1, 0.15) is 5.75 Å². The van der Waals surface area contributed by atoms with Crippen molar-refractivity contribution in [2.24, 2.45) is 0 Å². The van der Waals surface area contributed by atoms with E-state index in [1.807, 2.05) is 6.07 Å². The van der Waals surface area contributed by atoms with Crippen LogP contribution in [0.1, 0.15) is 36.8 Å². The van der Waals surface area contributed by atoms with Gasteiger partial charge in [-0.05, 0) is 96.2 Å². The molecule has 0 aromatic heterocycles. The number of benzene rings is 2. The van der Waals surface area contributed by atoms with Crippen molar-refractivity contribution in [3.8, 4) is 5.75 Å². The van der Waals surface area contributed by atoms with Crippen LogP contribution in [0.2, 0.25) is 5.02 Å². The predicted molar refractivity (Wildman–Crippen MR) is 131 cm³/mol. The van der Waals surface area contributed by atoms with Crippen molar-refractivity contribution in [2.75, 3.05) is 31.1 Å². The number of ether oxygens (including phenoxy) is 1. The second-order valence-electron chi connectivity index (χ2n) is 8.99. The van der Waals surface area contributed by atoms with Gasteiger partial charge in [0.15, 0.2) is 0 Å². The molecule has 5 rings (SSSR count). The molecule has 1 saturated heterocycles. The number of carbonyl (C=O) groups is 1. The molecule has 0 bridgehead atoms. The van der Waals surface area contributed by atoms with Crippen LogP contribution in [0.4, 0.5) is 10.5 Å². The standard InChI is InChI=1S/C24H26ClIN2O3/c25-17-5-7-20-16(11-17)3-1-9-24(20)14-27(13-19-4-2-10-28(19)23(29)30)21-12-18(26)6-8-22(21)31-15-24/h5-8,11-12,19H,1-4,9-10,13-15H2,(H,29,30)/t19-,24-/m0/s1. The molecule has 2 aromatic rings. The van der Waals surface area contributed by atoms with E-state index in [0.29, 0.717) is 19.7 Å². The van der Waals surface area contributed by atoms with Crippen LogP contribution in [0.5, 0.6) is 5.75 Å². The fourth-order valence-corrected chi connectivity index (χ4v) is 6.29. The van der Waals surface area contributed by atoms with E-state index < -0.39 is 6.09 Å². The summed E-state index contributed by atoms with van der Waals surface area (Å²) in [6.45, 7) is 2.75. The average Bonchev–Trinajstić information content (AvgIpc) is 3.15. The summed E-state index contributed by atoms with van der Waals surface area (Å²) in [5.74, 6) is 0.887. The molecule has 1 N–H and O–H groups in total. The molecule has 2 atom stereocenters. The number of likely N-dealkylation sites (tertiary alicyclic amines) is 1. The van der Waals surface area contributed by atoms with Gasteiger partial charge in [0.25, 0.3) is 0 Å². The van der Waals surface area contributed by atoms with E-state index in [9.17, 15) is 9.90 Å². The Morgan fingerprint density at radius 2 is 2.13 bits per heavy atom. The lowest BCUT2D eigenvalue weighted by atomic mass is 9.70. The van der Waals surface area contributed by atoms with Crippen LogP contribution >= 0.6 is 34.2 Å². The first-order chi connectivity index (χ1) is 14.9. The van der Waals surface area contributed by atoms with Gasteiger partial charge in [-0.25, -0.2) is 4.79 Å². The van der Waals surface area contributed by atoms with Gasteiger partial charge < -0.3 is 19.6 Å². The summed E-state index contributed by atoms with van der Waals surface area (Å²) in [5.41, 5.74) is 3.59. The topological polar surface area (TPSA) is 53.0 Å². The third kappa shape index (κ3) is 3.97. The van der Waals surface area contributed by atoms with E-state index in [1.54, 1.807) is 4.90 Å². The Labute approximate surface area is 201 Å². The van der Waals surface area contributed by atoms with Crippen molar-refractivity contribution in [1.29, 1.82) is 0 Å². The molecule has 31 heavy (non-hydrogen) atoms. The normalized spacial score (nSPS) is 25.0. The fourth-order valence-electron chi connectivity index (χ4n) is 5.62. The second kappa shape index (κ2) is 8.35. The third-order valence-electron chi connectivity index (χ3n) is 7.05. The minimum atomic E-state index is -0.816. The Kier molecular flexibility index (Phi) is 5.71. The maximum atomic E-state index is 11.8. The Morgan fingerprint density at radius 1 is 1.26 bits per heavy atom. The molecule has 1 fully saturated rings.